The van der Waals surface area contributed by atoms with Crippen molar-refractivity contribution in [2.45, 2.75) is 18.9 Å². The van der Waals surface area contributed by atoms with Crippen LogP contribution < -0.4 is 9.47 Å². The molecule has 0 amide bonds. The smallest absolute Gasteiger partial charge is 0.138 e. The average Bonchev–Trinajstić information content (AvgIpc) is 2.38. The molecule has 1 saturated heterocycles. The lowest BCUT2D eigenvalue weighted by molar-refractivity contribution is -0.128. The Morgan fingerprint density at radius 2 is 1.82 bits per heavy atom. The number of carbonyl (C=O) groups is 1. The van der Waals surface area contributed by atoms with Crippen LogP contribution in [0.5, 0.6) is 11.5 Å². The van der Waals surface area contributed by atoms with Crippen molar-refractivity contribution in [3.63, 3.8) is 0 Å². The minimum Gasteiger partial charge on any atom is -0.497 e. The lowest BCUT2D eigenvalue weighted by Crippen LogP contribution is -2.19. The summed E-state index contributed by atoms with van der Waals surface area (Å²) in [4.78, 5) is 11.4. The molecule has 0 bridgehead atoms. The minimum absolute atomic E-state index is 0.180. The average molecular weight is 236 g/mol. The fourth-order valence-electron chi connectivity index (χ4n) is 1.91. The number of hydrogen-bond donors (Lipinski definition) is 0. The van der Waals surface area contributed by atoms with Gasteiger partial charge in [-0.1, -0.05) is 0 Å². The van der Waals surface area contributed by atoms with Crippen molar-refractivity contribution in [1.29, 1.82) is 0 Å². The predicted octanol–water partition coefficient (Wildman–Crippen LogP) is 2.12. The third kappa shape index (κ3) is 2.77. The SMILES string of the molecule is COc1cc(OC)cc(C2CC(=O)CCO2)c1. The number of Topliss-reactive ketones (excluding diaryl/α,β-unsaturated/α-hetero) is 1. The quantitative estimate of drug-likeness (QED) is 0.806. The van der Waals surface area contributed by atoms with Crippen molar-refractivity contribution in [1.82, 2.24) is 0 Å². The summed E-state index contributed by atoms with van der Waals surface area (Å²) in [5.74, 6) is 1.66. The first-order valence-corrected chi connectivity index (χ1v) is 5.59. The summed E-state index contributed by atoms with van der Waals surface area (Å²) in [6.07, 6.45) is 0.758. The van der Waals surface area contributed by atoms with Crippen molar-refractivity contribution in [3.05, 3.63) is 23.8 Å². The molecule has 1 aromatic carbocycles. The fraction of sp³-hybridized carbons (Fsp3) is 0.462. The maximum atomic E-state index is 11.4. The van der Waals surface area contributed by atoms with E-state index in [4.69, 9.17) is 14.2 Å². The Hall–Kier alpha value is -1.55. The first-order chi connectivity index (χ1) is 8.22. The van der Waals surface area contributed by atoms with Gasteiger partial charge in [-0.15, -0.1) is 0 Å². The zero-order chi connectivity index (χ0) is 12.3. The summed E-state index contributed by atoms with van der Waals surface area (Å²) in [6.45, 7) is 0.489. The summed E-state index contributed by atoms with van der Waals surface area (Å²) in [7, 11) is 3.21. The van der Waals surface area contributed by atoms with Gasteiger partial charge in [0.1, 0.15) is 17.3 Å². The van der Waals surface area contributed by atoms with Gasteiger partial charge in [-0.2, -0.15) is 0 Å². The Kier molecular flexibility index (Phi) is 3.64. The van der Waals surface area contributed by atoms with E-state index in [1.165, 1.54) is 0 Å². The Bertz CT molecular complexity index is 392. The summed E-state index contributed by atoms with van der Waals surface area (Å²) >= 11 is 0. The summed E-state index contributed by atoms with van der Waals surface area (Å²) in [5, 5.41) is 0. The zero-order valence-electron chi connectivity index (χ0n) is 10.1. The zero-order valence-corrected chi connectivity index (χ0v) is 10.1. The second-order valence-corrected chi connectivity index (χ2v) is 4.00. The Morgan fingerprint density at radius 3 is 2.35 bits per heavy atom. The van der Waals surface area contributed by atoms with Crippen molar-refractivity contribution in [3.8, 4) is 11.5 Å². The van der Waals surface area contributed by atoms with Crippen molar-refractivity contribution in [2.75, 3.05) is 20.8 Å². The number of methoxy groups -OCH3 is 2. The fourth-order valence-corrected chi connectivity index (χ4v) is 1.91. The van der Waals surface area contributed by atoms with Crippen LogP contribution in [-0.2, 0) is 9.53 Å². The summed E-state index contributed by atoms with van der Waals surface area (Å²) < 4.78 is 16.0. The van der Waals surface area contributed by atoms with E-state index in [1.807, 2.05) is 12.1 Å². The van der Waals surface area contributed by atoms with Gasteiger partial charge in [-0.05, 0) is 17.7 Å². The first-order valence-electron chi connectivity index (χ1n) is 5.59. The molecule has 92 valence electrons. The highest BCUT2D eigenvalue weighted by atomic mass is 16.5. The van der Waals surface area contributed by atoms with E-state index in [0.717, 1.165) is 5.56 Å². The third-order valence-corrected chi connectivity index (χ3v) is 2.86. The molecule has 2 rings (SSSR count). The van der Waals surface area contributed by atoms with E-state index in [2.05, 4.69) is 0 Å². The number of hydrogen-bond acceptors (Lipinski definition) is 4. The van der Waals surface area contributed by atoms with Gasteiger partial charge in [0.2, 0.25) is 0 Å². The van der Waals surface area contributed by atoms with Crippen molar-refractivity contribution in [2.24, 2.45) is 0 Å². The van der Waals surface area contributed by atoms with Gasteiger partial charge in [0.25, 0.3) is 0 Å². The molecule has 1 fully saturated rings. The molecular formula is C13H16O4. The molecule has 0 aromatic heterocycles. The lowest BCUT2D eigenvalue weighted by atomic mass is 10.00. The molecule has 1 atom stereocenters. The summed E-state index contributed by atoms with van der Waals surface area (Å²) in [5.41, 5.74) is 0.925. The van der Waals surface area contributed by atoms with Crippen LogP contribution in [0.2, 0.25) is 0 Å². The van der Waals surface area contributed by atoms with Crippen molar-refractivity contribution < 1.29 is 19.0 Å². The number of rotatable bonds is 3. The maximum Gasteiger partial charge on any atom is 0.138 e. The van der Waals surface area contributed by atoms with Crippen LogP contribution in [-0.4, -0.2) is 26.6 Å². The van der Waals surface area contributed by atoms with Crippen LogP contribution in [0.1, 0.15) is 24.5 Å². The van der Waals surface area contributed by atoms with E-state index >= 15 is 0 Å². The van der Waals surface area contributed by atoms with Crippen LogP contribution >= 0.6 is 0 Å². The topological polar surface area (TPSA) is 44.8 Å². The highest BCUT2D eigenvalue weighted by Gasteiger charge is 2.22. The molecule has 0 N–H and O–H groups in total. The second-order valence-electron chi connectivity index (χ2n) is 4.00. The van der Waals surface area contributed by atoms with Gasteiger partial charge in [0.15, 0.2) is 0 Å². The molecule has 0 radical (unpaired) electrons. The van der Waals surface area contributed by atoms with Gasteiger partial charge in [0, 0.05) is 18.9 Å². The molecule has 1 aromatic rings. The second kappa shape index (κ2) is 5.19. The van der Waals surface area contributed by atoms with Gasteiger partial charge >= 0.3 is 0 Å². The van der Waals surface area contributed by atoms with E-state index in [1.54, 1.807) is 20.3 Å². The van der Waals surface area contributed by atoms with E-state index < -0.39 is 0 Å². The maximum absolute atomic E-state index is 11.4. The van der Waals surface area contributed by atoms with Crippen LogP contribution in [0, 0.1) is 0 Å². The molecule has 0 saturated carbocycles. The van der Waals surface area contributed by atoms with Gasteiger partial charge in [-0.3, -0.25) is 4.79 Å². The molecule has 4 nitrogen and oxygen atoms in total. The molecule has 17 heavy (non-hydrogen) atoms. The number of ketones is 1. The normalized spacial score (nSPS) is 20.1. The van der Waals surface area contributed by atoms with Gasteiger partial charge in [0.05, 0.1) is 26.9 Å². The molecule has 0 spiro atoms. The van der Waals surface area contributed by atoms with Gasteiger partial charge < -0.3 is 14.2 Å². The molecule has 1 aliphatic heterocycles. The molecular weight excluding hydrogens is 220 g/mol. The van der Waals surface area contributed by atoms with Gasteiger partial charge in [-0.25, -0.2) is 0 Å². The van der Waals surface area contributed by atoms with Crippen LogP contribution in [0.3, 0.4) is 0 Å². The molecule has 1 aliphatic rings. The van der Waals surface area contributed by atoms with Crippen molar-refractivity contribution >= 4 is 5.78 Å². The Morgan fingerprint density at radius 1 is 1.18 bits per heavy atom. The first kappa shape index (κ1) is 11.9. The monoisotopic (exact) mass is 236 g/mol. The highest BCUT2D eigenvalue weighted by molar-refractivity contribution is 5.79. The Balaban J connectivity index is 2.26. The van der Waals surface area contributed by atoms with Crippen LogP contribution in [0.4, 0.5) is 0 Å². The molecule has 1 heterocycles. The highest BCUT2D eigenvalue weighted by Crippen LogP contribution is 2.32. The number of carbonyl (C=O) groups excluding carboxylic acids is 1. The number of benzene rings is 1. The molecule has 0 aliphatic carbocycles. The lowest BCUT2D eigenvalue weighted by Gasteiger charge is -2.22. The third-order valence-electron chi connectivity index (χ3n) is 2.86. The van der Waals surface area contributed by atoms with E-state index in [9.17, 15) is 4.79 Å². The molecule has 1 unspecified atom stereocenters. The standard InChI is InChI=1S/C13H16O4/c1-15-11-5-9(6-12(8-11)16-2)13-7-10(14)3-4-17-13/h5-6,8,13H,3-4,7H2,1-2H3. The minimum atomic E-state index is -0.180. The van der Waals surface area contributed by atoms with Crippen LogP contribution in [0.25, 0.3) is 0 Å². The van der Waals surface area contributed by atoms with E-state index in [-0.39, 0.29) is 11.9 Å². The van der Waals surface area contributed by atoms with E-state index in [0.29, 0.717) is 30.9 Å². The Labute approximate surface area is 100 Å². The van der Waals surface area contributed by atoms with Crippen LogP contribution in [0.15, 0.2) is 18.2 Å². The summed E-state index contributed by atoms with van der Waals surface area (Å²) in [6, 6.07) is 5.56. The largest absolute Gasteiger partial charge is 0.497 e. The number of ether oxygens (including phenoxy) is 3. The molecule has 4 heteroatoms. The predicted molar refractivity (Wildman–Crippen MR) is 62.5 cm³/mol.